The summed E-state index contributed by atoms with van der Waals surface area (Å²) in [5.74, 6) is 0. The van der Waals surface area contributed by atoms with Gasteiger partial charge in [0.1, 0.15) is 0 Å². The van der Waals surface area contributed by atoms with E-state index in [0.717, 1.165) is 0 Å². The molecule has 26 heavy (non-hydrogen) atoms. The Hall–Kier alpha value is -1.84. The third kappa shape index (κ3) is 4.28. The number of benzene rings is 2. The van der Waals surface area contributed by atoms with Crippen molar-refractivity contribution in [3.05, 3.63) is 53.6 Å². The lowest BCUT2D eigenvalue weighted by Gasteiger charge is -2.23. The van der Waals surface area contributed by atoms with Gasteiger partial charge in [0.15, 0.2) is 0 Å². The first-order valence-corrected chi connectivity index (χ1v) is 9.73. The normalized spacial score (nSPS) is 13.1. The average Bonchev–Trinajstić information content (AvgIpc) is 2.59. The quantitative estimate of drug-likeness (QED) is 0.539. The molecule has 0 aliphatic carbocycles. The first kappa shape index (κ1) is 20.5. The highest BCUT2D eigenvalue weighted by atomic mass is 28.4. The molecule has 0 bridgehead atoms. The minimum Gasteiger partial charge on any atom is -0.394 e. The summed E-state index contributed by atoms with van der Waals surface area (Å²) in [6.07, 6.45) is -9.76. The van der Waals surface area contributed by atoms with Gasteiger partial charge in [0.05, 0.1) is 11.1 Å². The topological polar surface area (TPSA) is 18.5 Å². The van der Waals surface area contributed by atoms with Gasteiger partial charge in [-0.05, 0) is 41.1 Å². The molecule has 0 N–H and O–H groups in total. The second-order valence-electron chi connectivity index (χ2n) is 5.73. The Bertz CT molecular complexity index is 732. The average molecular weight is 394 g/mol. The van der Waals surface area contributed by atoms with E-state index in [-0.39, 0.29) is 17.2 Å². The highest BCUT2D eigenvalue weighted by Gasteiger charge is 2.37. The van der Waals surface area contributed by atoms with Crippen LogP contribution in [-0.2, 0) is 21.2 Å². The van der Waals surface area contributed by atoms with E-state index in [4.69, 9.17) is 8.85 Å². The maximum atomic E-state index is 13.0. The molecule has 0 fully saturated rings. The van der Waals surface area contributed by atoms with Gasteiger partial charge in [-0.2, -0.15) is 26.3 Å². The van der Waals surface area contributed by atoms with Crippen molar-refractivity contribution >= 4 is 13.7 Å². The molecule has 0 aliphatic heterocycles. The summed E-state index contributed by atoms with van der Waals surface area (Å²) in [6, 6.07) is 7.59. The second-order valence-corrected chi connectivity index (χ2v) is 9.01. The van der Waals surface area contributed by atoms with Gasteiger partial charge < -0.3 is 8.85 Å². The summed E-state index contributed by atoms with van der Waals surface area (Å²) in [4.78, 5) is 0. The van der Waals surface area contributed by atoms with Crippen LogP contribution < -0.4 is 5.19 Å². The van der Waals surface area contributed by atoms with Crippen LogP contribution in [0.15, 0.2) is 42.5 Å². The fourth-order valence-electron chi connectivity index (χ4n) is 2.41. The number of hydrogen-bond acceptors (Lipinski definition) is 2. The van der Waals surface area contributed by atoms with E-state index in [1.807, 2.05) is 0 Å². The van der Waals surface area contributed by atoms with Crippen molar-refractivity contribution in [1.82, 2.24) is 0 Å². The van der Waals surface area contributed by atoms with E-state index in [9.17, 15) is 26.3 Å². The Labute approximate surface area is 147 Å². The highest BCUT2D eigenvalue weighted by Crippen LogP contribution is 2.38. The van der Waals surface area contributed by atoms with Crippen molar-refractivity contribution < 1.29 is 35.2 Å². The molecule has 0 saturated carbocycles. The third-order valence-corrected chi connectivity index (χ3v) is 7.05. The lowest BCUT2D eigenvalue weighted by atomic mass is 9.99. The lowest BCUT2D eigenvalue weighted by Crippen LogP contribution is -2.49. The number of halogens is 6. The van der Waals surface area contributed by atoms with Crippen LogP contribution in [0.1, 0.15) is 11.1 Å². The Kier molecular flexibility index (Phi) is 5.55. The van der Waals surface area contributed by atoms with Gasteiger partial charge in [-0.15, -0.1) is 0 Å². The maximum absolute atomic E-state index is 13.0. The van der Waals surface area contributed by atoms with Crippen LogP contribution in [0.3, 0.4) is 0 Å². The van der Waals surface area contributed by atoms with Gasteiger partial charge in [0, 0.05) is 14.2 Å². The predicted molar refractivity (Wildman–Crippen MR) is 87.2 cm³/mol. The van der Waals surface area contributed by atoms with Crippen LogP contribution in [0.25, 0.3) is 11.1 Å². The molecule has 142 valence electrons. The fourth-order valence-corrected chi connectivity index (χ4v) is 3.82. The zero-order valence-electron chi connectivity index (χ0n) is 14.1. The Balaban J connectivity index is 2.54. The van der Waals surface area contributed by atoms with E-state index in [0.29, 0.717) is 17.3 Å². The smallest absolute Gasteiger partial charge is 0.394 e. The maximum Gasteiger partial charge on any atom is 0.416 e. The van der Waals surface area contributed by atoms with E-state index < -0.39 is 32.0 Å². The molecule has 0 amide bonds. The Morgan fingerprint density at radius 3 is 1.46 bits per heavy atom. The summed E-state index contributed by atoms with van der Waals surface area (Å²) in [5.41, 5.74) is -2.63. The van der Waals surface area contributed by atoms with Crippen molar-refractivity contribution in [2.45, 2.75) is 18.9 Å². The summed E-state index contributed by atoms with van der Waals surface area (Å²) >= 11 is 0. The van der Waals surface area contributed by atoms with E-state index >= 15 is 0 Å². The first-order valence-electron chi connectivity index (χ1n) is 7.41. The van der Waals surface area contributed by atoms with Crippen LogP contribution in [0.5, 0.6) is 0 Å². The van der Waals surface area contributed by atoms with Gasteiger partial charge in [-0.3, -0.25) is 0 Å². The van der Waals surface area contributed by atoms with Gasteiger partial charge in [-0.25, -0.2) is 0 Å². The van der Waals surface area contributed by atoms with Crippen molar-refractivity contribution in [3.8, 4) is 11.1 Å². The largest absolute Gasteiger partial charge is 0.416 e. The molecular formula is C17H16F6O2Si. The standard InChI is InChI=1S/C17H16F6O2Si/c1-24-26(3,25-2)15-6-4-11(5-7-15)12-8-13(16(18,19)20)10-14(9-12)17(21,22)23/h4-10H,1-3H3. The zero-order chi connectivity index (χ0) is 19.8. The molecule has 0 saturated heterocycles. The minimum atomic E-state index is -4.88. The lowest BCUT2D eigenvalue weighted by molar-refractivity contribution is -0.143. The number of alkyl halides is 6. The Morgan fingerprint density at radius 1 is 0.692 bits per heavy atom. The van der Waals surface area contributed by atoms with Gasteiger partial charge in [0.25, 0.3) is 0 Å². The van der Waals surface area contributed by atoms with E-state index in [2.05, 4.69) is 0 Å². The monoisotopic (exact) mass is 394 g/mol. The fraction of sp³-hybridized carbons (Fsp3) is 0.294. The van der Waals surface area contributed by atoms with E-state index in [1.54, 1.807) is 18.7 Å². The van der Waals surface area contributed by atoms with Crippen molar-refractivity contribution in [1.29, 1.82) is 0 Å². The van der Waals surface area contributed by atoms with Crippen LogP contribution in [0.4, 0.5) is 26.3 Å². The molecule has 9 heteroatoms. The second kappa shape index (κ2) is 7.05. The Morgan fingerprint density at radius 2 is 1.12 bits per heavy atom. The minimum absolute atomic E-state index is 0.109. The van der Waals surface area contributed by atoms with Crippen LogP contribution >= 0.6 is 0 Å². The molecule has 0 aliphatic rings. The molecule has 0 unspecified atom stereocenters. The summed E-state index contributed by atoms with van der Waals surface area (Å²) in [6.45, 7) is 1.77. The molecule has 0 aromatic heterocycles. The van der Waals surface area contributed by atoms with Gasteiger partial charge in [-0.1, -0.05) is 24.3 Å². The summed E-state index contributed by atoms with van der Waals surface area (Å²) in [5, 5.41) is 0.703. The number of hydrogen-bond donors (Lipinski definition) is 0. The molecule has 0 spiro atoms. The third-order valence-electron chi connectivity index (χ3n) is 4.11. The molecular weight excluding hydrogens is 378 g/mol. The number of rotatable bonds is 4. The van der Waals surface area contributed by atoms with Gasteiger partial charge in [0.2, 0.25) is 0 Å². The molecule has 0 atom stereocenters. The molecule has 2 rings (SSSR count). The SMILES string of the molecule is CO[Si](C)(OC)c1ccc(-c2cc(C(F)(F)F)cc(C(F)(F)F)c2)cc1. The van der Waals surface area contributed by atoms with E-state index in [1.165, 1.54) is 26.4 Å². The van der Waals surface area contributed by atoms with Crippen molar-refractivity contribution in [2.75, 3.05) is 14.2 Å². The molecule has 0 radical (unpaired) electrons. The van der Waals surface area contributed by atoms with Gasteiger partial charge >= 0.3 is 20.9 Å². The van der Waals surface area contributed by atoms with Crippen LogP contribution in [0.2, 0.25) is 6.55 Å². The predicted octanol–water partition coefficient (Wildman–Crippen LogP) is 4.96. The van der Waals surface area contributed by atoms with Crippen LogP contribution in [0, 0.1) is 0 Å². The van der Waals surface area contributed by atoms with Crippen LogP contribution in [-0.4, -0.2) is 22.8 Å². The first-order chi connectivity index (χ1) is 11.9. The van der Waals surface area contributed by atoms with Crippen molar-refractivity contribution in [3.63, 3.8) is 0 Å². The molecule has 2 aromatic rings. The molecule has 2 aromatic carbocycles. The summed E-state index contributed by atoms with van der Waals surface area (Å²) in [7, 11) is 0.317. The highest BCUT2D eigenvalue weighted by molar-refractivity contribution is 6.79. The summed E-state index contributed by atoms with van der Waals surface area (Å²) < 4.78 is 88.5. The molecule has 2 nitrogen and oxygen atoms in total. The zero-order valence-corrected chi connectivity index (χ0v) is 15.1. The molecule has 0 heterocycles. The van der Waals surface area contributed by atoms with Crippen molar-refractivity contribution in [2.24, 2.45) is 0 Å².